The lowest BCUT2D eigenvalue weighted by Crippen LogP contribution is -2.60. The van der Waals surface area contributed by atoms with Crippen LogP contribution in [0, 0.1) is 5.92 Å². The van der Waals surface area contributed by atoms with E-state index < -0.39 is 17.4 Å². The molecule has 14 heavy (non-hydrogen) atoms. The Morgan fingerprint density at radius 1 is 1.43 bits per heavy atom. The molecule has 5 nitrogen and oxygen atoms in total. The van der Waals surface area contributed by atoms with Gasteiger partial charge in [-0.3, -0.25) is 9.59 Å². The Bertz CT molecular complexity index is 263. The molecule has 1 aliphatic carbocycles. The molecule has 4 N–H and O–H groups in total. The van der Waals surface area contributed by atoms with Crippen molar-refractivity contribution in [3.8, 4) is 0 Å². The Hall–Kier alpha value is -1.10. The molecule has 0 bridgehead atoms. The van der Waals surface area contributed by atoms with Crippen LogP contribution in [-0.4, -0.2) is 28.6 Å². The van der Waals surface area contributed by atoms with E-state index in [1.165, 1.54) is 0 Å². The van der Waals surface area contributed by atoms with E-state index in [9.17, 15) is 9.59 Å². The van der Waals surface area contributed by atoms with Crippen LogP contribution in [0.15, 0.2) is 0 Å². The van der Waals surface area contributed by atoms with Crippen molar-refractivity contribution in [3.63, 3.8) is 0 Å². The Balaban J connectivity index is 2.53. The number of nitrogens with one attached hydrogen (secondary N) is 1. The Labute approximate surface area is 82.7 Å². The number of nitrogens with two attached hydrogens (primary N) is 1. The van der Waals surface area contributed by atoms with Gasteiger partial charge in [0.2, 0.25) is 5.91 Å². The van der Waals surface area contributed by atoms with Crippen molar-refractivity contribution in [2.45, 2.75) is 38.3 Å². The summed E-state index contributed by atoms with van der Waals surface area (Å²) in [5.74, 6) is -1.66. The van der Waals surface area contributed by atoms with Gasteiger partial charge in [-0.2, -0.15) is 0 Å². The van der Waals surface area contributed by atoms with Gasteiger partial charge in [0.25, 0.3) is 0 Å². The second-order valence-corrected chi connectivity index (χ2v) is 4.26. The highest BCUT2D eigenvalue weighted by Gasteiger charge is 2.40. The third-order valence-electron chi connectivity index (χ3n) is 2.75. The zero-order valence-corrected chi connectivity index (χ0v) is 8.41. The van der Waals surface area contributed by atoms with E-state index in [0.29, 0.717) is 6.42 Å². The topological polar surface area (TPSA) is 92.4 Å². The minimum atomic E-state index is -0.835. The number of aliphatic carboxylic acids is 1. The zero-order chi connectivity index (χ0) is 10.9. The number of rotatable bonds is 4. The molecule has 0 aromatic rings. The molecule has 2 unspecified atom stereocenters. The van der Waals surface area contributed by atoms with Crippen molar-refractivity contribution in [1.29, 1.82) is 0 Å². The third kappa shape index (κ3) is 2.04. The van der Waals surface area contributed by atoms with Gasteiger partial charge >= 0.3 is 5.97 Å². The molecule has 1 amide bonds. The average molecular weight is 200 g/mol. The van der Waals surface area contributed by atoms with Crippen LogP contribution in [0.25, 0.3) is 0 Å². The SMILES string of the molecule is CC(C)(NC1CCC1C(=O)O)C(N)=O. The second kappa shape index (κ2) is 3.57. The lowest BCUT2D eigenvalue weighted by Gasteiger charge is -2.39. The maximum Gasteiger partial charge on any atom is 0.308 e. The maximum atomic E-state index is 11.0. The lowest BCUT2D eigenvalue weighted by atomic mass is 9.78. The molecule has 0 spiro atoms. The number of carboxylic acids is 1. The molecule has 0 aromatic heterocycles. The van der Waals surface area contributed by atoms with Crippen LogP contribution in [0.2, 0.25) is 0 Å². The van der Waals surface area contributed by atoms with Gasteiger partial charge in [-0.05, 0) is 26.7 Å². The summed E-state index contributed by atoms with van der Waals surface area (Å²) < 4.78 is 0. The van der Waals surface area contributed by atoms with Crippen LogP contribution < -0.4 is 11.1 Å². The quantitative estimate of drug-likeness (QED) is 0.581. The molecule has 1 fully saturated rings. The van der Waals surface area contributed by atoms with Gasteiger partial charge in [-0.15, -0.1) is 0 Å². The van der Waals surface area contributed by atoms with Gasteiger partial charge in [0, 0.05) is 6.04 Å². The molecule has 80 valence electrons. The first kappa shape index (κ1) is 11.0. The van der Waals surface area contributed by atoms with Crippen LogP contribution >= 0.6 is 0 Å². The normalized spacial score (nSPS) is 26.7. The first-order valence-electron chi connectivity index (χ1n) is 4.65. The first-order chi connectivity index (χ1) is 6.34. The van der Waals surface area contributed by atoms with Crippen LogP contribution in [0.1, 0.15) is 26.7 Å². The van der Waals surface area contributed by atoms with Gasteiger partial charge in [0.05, 0.1) is 11.5 Å². The minimum Gasteiger partial charge on any atom is -0.481 e. The van der Waals surface area contributed by atoms with Gasteiger partial charge in [0.15, 0.2) is 0 Å². The molecule has 2 atom stereocenters. The lowest BCUT2D eigenvalue weighted by molar-refractivity contribution is -0.147. The molecule has 0 aliphatic heterocycles. The van der Waals surface area contributed by atoms with Crippen LogP contribution in [-0.2, 0) is 9.59 Å². The summed E-state index contributed by atoms with van der Waals surface area (Å²) in [5, 5.41) is 11.8. The molecule has 1 saturated carbocycles. The van der Waals surface area contributed by atoms with Crippen LogP contribution in [0.4, 0.5) is 0 Å². The van der Waals surface area contributed by atoms with E-state index in [1.54, 1.807) is 13.8 Å². The monoisotopic (exact) mass is 200 g/mol. The van der Waals surface area contributed by atoms with Crippen LogP contribution in [0.5, 0.6) is 0 Å². The predicted octanol–water partition coefficient (Wildman–Crippen LogP) is -0.297. The molecule has 0 radical (unpaired) electrons. The van der Waals surface area contributed by atoms with E-state index in [4.69, 9.17) is 10.8 Å². The summed E-state index contributed by atoms with van der Waals surface area (Å²) in [5.41, 5.74) is 4.34. The van der Waals surface area contributed by atoms with Gasteiger partial charge < -0.3 is 16.2 Å². The van der Waals surface area contributed by atoms with Crippen molar-refractivity contribution in [1.82, 2.24) is 5.32 Å². The van der Waals surface area contributed by atoms with Crippen molar-refractivity contribution in [3.05, 3.63) is 0 Å². The summed E-state index contributed by atoms with van der Waals surface area (Å²) in [7, 11) is 0. The Morgan fingerprint density at radius 2 is 2.00 bits per heavy atom. The van der Waals surface area contributed by atoms with E-state index in [1.807, 2.05) is 0 Å². The Kier molecular flexibility index (Phi) is 2.80. The van der Waals surface area contributed by atoms with Crippen molar-refractivity contribution in [2.75, 3.05) is 0 Å². The molecule has 1 rings (SSSR count). The van der Waals surface area contributed by atoms with Gasteiger partial charge in [-0.25, -0.2) is 0 Å². The maximum absolute atomic E-state index is 11.0. The summed E-state index contributed by atoms with van der Waals surface area (Å²) in [6.45, 7) is 3.32. The number of amides is 1. The third-order valence-corrected chi connectivity index (χ3v) is 2.75. The van der Waals surface area contributed by atoms with E-state index in [-0.39, 0.29) is 12.0 Å². The van der Waals surface area contributed by atoms with E-state index >= 15 is 0 Å². The number of carbonyl (C=O) groups is 2. The number of hydrogen-bond acceptors (Lipinski definition) is 3. The van der Waals surface area contributed by atoms with Crippen LogP contribution in [0.3, 0.4) is 0 Å². The number of carboxylic acid groups (broad SMARTS) is 1. The summed E-state index contributed by atoms with van der Waals surface area (Å²) in [6.07, 6.45) is 1.45. The number of carbonyl (C=O) groups excluding carboxylic acids is 1. The molecule has 0 saturated heterocycles. The number of hydrogen-bond donors (Lipinski definition) is 3. The first-order valence-corrected chi connectivity index (χ1v) is 4.65. The predicted molar refractivity (Wildman–Crippen MR) is 50.6 cm³/mol. The molecular weight excluding hydrogens is 184 g/mol. The fourth-order valence-electron chi connectivity index (χ4n) is 1.50. The molecule has 0 heterocycles. The molecular formula is C9H16N2O3. The van der Waals surface area contributed by atoms with Gasteiger partial charge in [0.1, 0.15) is 0 Å². The second-order valence-electron chi connectivity index (χ2n) is 4.26. The van der Waals surface area contributed by atoms with E-state index in [0.717, 1.165) is 6.42 Å². The number of primary amides is 1. The van der Waals surface area contributed by atoms with Crippen molar-refractivity contribution >= 4 is 11.9 Å². The molecule has 0 aromatic carbocycles. The highest BCUT2D eigenvalue weighted by atomic mass is 16.4. The van der Waals surface area contributed by atoms with Crippen molar-refractivity contribution < 1.29 is 14.7 Å². The van der Waals surface area contributed by atoms with Crippen molar-refractivity contribution in [2.24, 2.45) is 11.7 Å². The fraction of sp³-hybridized carbons (Fsp3) is 0.778. The highest BCUT2D eigenvalue weighted by Crippen LogP contribution is 2.29. The zero-order valence-electron chi connectivity index (χ0n) is 8.41. The standard InChI is InChI=1S/C9H16N2O3/c1-9(2,8(10)14)11-6-4-3-5(6)7(12)13/h5-6,11H,3-4H2,1-2H3,(H2,10,14)(H,12,13). The highest BCUT2D eigenvalue weighted by molar-refractivity contribution is 5.83. The van der Waals surface area contributed by atoms with E-state index in [2.05, 4.69) is 5.32 Å². The smallest absolute Gasteiger partial charge is 0.308 e. The molecule has 5 heteroatoms. The average Bonchev–Trinajstić information content (AvgIpc) is 1.97. The summed E-state index contributed by atoms with van der Waals surface area (Å²) in [6, 6.07) is -0.130. The fourth-order valence-corrected chi connectivity index (χ4v) is 1.50. The summed E-state index contributed by atoms with van der Waals surface area (Å²) >= 11 is 0. The largest absolute Gasteiger partial charge is 0.481 e. The minimum absolute atomic E-state index is 0.130. The summed E-state index contributed by atoms with van der Waals surface area (Å²) in [4.78, 5) is 21.7. The van der Waals surface area contributed by atoms with Gasteiger partial charge in [-0.1, -0.05) is 0 Å². The molecule has 1 aliphatic rings. The Morgan fingerprint density at radius 3 is 2.29 bits per heavy atom.